The molecule has 10 heteroatoms. The largest absolute Gasteiger partial charge is 0.420 e. The molecule has 196 valence electrons. The van der Waals surface area contributed by atoms with Gasteiger partial charge in [-0.1, -0.05) is 31.5 Å². The van der Waals surface area contributed by atoms with Gasteiger partial charge in [-0.05, 0) is 68.0 Å². The van der Waals surface area contributed by atoms with Gasteiger partial charge < -0.3 is 19.9 Å². The minimum Gasteiger partial charge on any atom is -0.410 e. The summed E-state index contributed by atoms with van der Waals surface area (Å²) < 4.78 is 5.48. The number of ether oxygens (including phenoxy) is 1. The molecule has 0 aliphatic heterocycles. The molecule has 9 nitrogen and oxygen atoms in total. The molecule has 3 aromatic rings. The van der Waals surface area contributed by atoms with Crippen LogP contribution >= 0.6 is 11.6 Å². The van der Waals surface area contributed by atoms with Gasteiger partial charge in [0.25, 0.3) is 5.91 Å². The third kappa shape index (κ3) is 7.65. The van der Waals surface area contributed by atoms with Crippen molar-refractivity contribution < 1.29 is 14.3 Å². The smallest absolute Gasteiger partial charge is 0.410 e. The number of hydrogen-bond acceptors (Lipinski definition) is 7. The van der Waals surface area contributed by atoms with Crippen LogP contribution in [0.25, 0.3) is 0 Å². The SMILES string of the molecule is CCN(CC)CCN(C)C(=O)c1ccc(Nc2nccc(N(C)C(=O)Oc3cc(Cl)ccc3C)n2)cc1. The van der Waals surface area contributed by atoms with Crippen LogP contribution in [0.5, 0.6) is 5.75 Å². The Balaban J connectivity index is 1.62. The molecule has 0 spiro atoms. The predicted octanol–water partition coefficient (Wildman–Crippen LogP) is 5.23. The zero-order valence-corrected chi connectivity index (χ0v) is 22.6. The summed E-state index contributed by atoms with van der Waals surface area (Å²) in [4.78, 5) is 39.4. The summed E-state index contributed by atoms with van der Waals surface area (Å²) >= 11 is 6.02. The monoisotopic (exact) mass is 524 g/mol. The molecule has 1 heterocycles. The van der Waals surface area contributed by atoms with Crippen molar-refractivity contribution in [1.82, 2.24) is 19.8 Å². The number of nitrogens with zero attached hydrogens (tertiary/aromatic N) is 5. The molecule has 0 aliphatic carbocycles. The predicted molar refractivity (Wildman–Crippen MR) is 147 cm³/mol. The molecule has 0 bridgehead atoms. The number of halogens is 1. The third-order valence-electron chi connectivity index (χ3n) is 5.99. The molecule has 2 amide bonds. The minimum atomic E-state index is -0.608. The number of benzene rings is 2. The summed E-state index contributed by atoms with van der Waals surface area (Å²) in [5.74, 6) is 0.993. The van der Waals surface area contributed by atoms with Gasteiger partial charge in [-0.2, -0.15) is 4.98 Å². The van der Waals surface area contributed by atoms with E-state index in [1.807, 2.05) is 14.0 Å². The summed E-state index contributed by atoms with van der Waals surface area (Å²) in [7, 11) is 3.37. The molecule has 0 atom stereocenters. The van der Waals surface area contributed by atoms with Gasteiger partial charge in [0.15, 0.2) is 0 Å². The first-order valence-corrected chi connectivity index (χ1v) is 12.5. The van der Waals surface area contributed by atoms with E-state index in [9.17, 15) is 9.59 Å². The van der Waals surface area contributed by atoms with Crippen LogP contribution in [-0.2, 0) is 0 Å². The number of carbonyl (C=O) groups is 2. The minimum absolute atomic E-state index is 0.0352. The molecule has 37 heavy (non-hydrogen) atoms. The molecule has 0 saturated carbocycles. The standard InChI is InChI=1S/C27H33ClN6O3/c1-6-34(7-2)17-16-32(4)25(35)20-9-12-22(13-10-20)30-26-29-15-14-24(31-26)33(5)27(36)37-23-18-21(28)11-8-19(23)3/h8-15,18H,6-7,16-17H2,1-5H3,(H,29,30,31). The Bertz CT molecular complexity index is 1220. The second-order valence-electron chi connectivity index (χ2n) is 8.53. The fraction of sp³-hybridized carbons (Fsp3) is 0.333. The van der Waals surface area contributed by atoms with E-state index < -0.39 is 6.09 Å². The van der Waals surface area contributed by atoms with Crippen molar-refractivity contribution in [1.29, 1.82) is 0 Å². The molecular weight excluding hydrogens is 492 g/mol. The molecule has 1 N–H and O–H groups in total. The van der Waals surface area contributed by atoms with Crippen molar-refractivity contribution in [3.8, 4) is 5.75 Å². The van der Waals surface area contributed by atoms with Crippen molar-refractivity contribution in [2.75, 3.05) is 50.5 Å². The molecule has 2 aromatic carbocycles. The normalized spacial score (nSPS) is 10.8. The second kappa shape index (κ2) is 13.0. The third-order valence-corrected chi connectivity index (χ3v) is 6.22. The lowest BCUT2D eigenvalue weighted by Gasteiger charge is -2.23. The molecule has 3 rings (SSSR count). The van der Waals surface area contributed by atoms with Gasteiger partial charge in [0.1, 0.15) is 11.6 Å². The van der Waals surface area contributed by atoms with E-state index in [2.05, 4.69) is 34.0 Å². The van der Waals surface area contributed by atoms with Gasteiger partial charge in [-0.15, -0.1) is 0 Å². The van der Waals surface area contributed by atoms with E-state index in [4.69, 9.17) is 16.3 Å². The van der Waals surface area contributed by atoms with E-state index >= 15 is 0 Å². The highest BCUT2D eigenvalue weighted by Crippen LogP contribution is 2.24. The maximum Gasteiger partial charge on any atom is 0.420 e. The highest BCUT2D eigenvalue weighted by Gasteiger charge is 2.17. The molecule has 0 radical (unpaired) electrons. The van der Waals surface area contributed by atoms with Crippen LogP contribution in [0.1, 0.15) is 29.8 Å². The maximum atomic E-state index is 12.8. The highest BCUT2D eigenvalue weighted by atomic mass is 35.5. The Morgan fingerprint density at radius 3 is 2.38 bits per heavy atom. The van der Waals surface area contributed by atoms with Gasteiger partial charge in [0.2, 0.25) is 5.95 Å². The average molecular weight is 525 g/mol. The molecule has 0 fully saturated rings. The summed E-state index contributed by atoms with van der Waals surface area (Å²) in [5.41, 5.74) is 2.09. The van der Waals surface area contributed by atoms with Crippen molar-refractivity contribution >= 4 is 41.1 Å². The van der Waals surface area contributed by atoms with Crippen LogP contribution in [0.4, 0.5) is 22.2 Å². The van der Waals surface area contributed by atoms with Gasteiger partial charge in [-0.25, -0.2) is 9.78 Å². The van der Waals surface area contributed by atoms with Gasteiger partial charge >= 0.3 is 6.09 Å². The summed E-state index contributed by atoms with van der Waals surface area (Å²) in [6.07, 6.45) is 0.935. The van der Waals surface area contributed by atoms with Crippen LogP contribution in [-0.4, -0.2) is 72.0 Å². The fourth-order valence-electron chi connectivity index (χ4n) is 3.51. The Kier molecular flexibility index (Phi) is 9.82. The van der Waals surface area contributed by atoms with Crippen LogP contribution in [0.15, 0.2) is 54.7 Å². The maximum absolute atomic E-state index is 12.8. The van der Waals surface area contributed by atoms with Crippen molar-refractivity contribution in [2.45, 2.75) is 20.8 Å². The van der Waals surface area contributed by atoms with Crippen LogP contribution < -0.4 is 15.0 Å². The number of carbonyl (C=O) groups excluding carboxylic acids is 2. The first-order chi connectivity index (χ1) is 17.7. The van der Waals surface area contributed by atoms with E-state index in [0.717, 1.165) is 25.2 Å². The molecular formula is C27H33ClN6O3. The topological polar surface area (TPSA) is 90.9 Å². The zero-order chi connectivity index (χ0) is 26.9. The average Bonchev–Trinajstić information content (AvgIpc) is 2.91. The van der Waals surface area contributed by atoms with Crippen molar-refractivity contribution in [3.63, 3.8) is 0 Å². The van der Waals surface area contributed by atoms with E-state index in [1.54, 1.807) is 66.7 Å². The Labute approximate surface area is 223 Å². The lowest BCUT2D eigenvalue weighted by atomic mass is 10.2. The van der Waals surface area contributed by atoms with Gasteiger partial charge in [0.05, 0.1) is 0 Å². The molecule has 0 saturated heterocycles. The Morgan fingerprint density at radius 2 is 1.70 bits per heavy atom. The highest BCUT2D eigenvalue weighted by molar-refractivity contribution is 6.30. The number of nitrogens with one attached hydrogen (secondary N) is 1. The number of anilines is 3. The van der Waals surface area contributed by atoms with Crippen molar-refractivity contribution in [3.05, 3.63) is 70.9 Å². The van der Waals surface area contributed by atoms with Crippen LogP contribution in [0.3, 0.4) is 0 Å². The quantitative estimate of drug-likeness (QED) is 0.388. The summed E-state index contributed by atoms with van der Waals surface area (Å²) in [5, 5.41) is 3.58. The van der Waals surface area contributed by atoms with Crippen molar-refractivity contribution in [2.24, 2.45) is 0 Å². The first-order valence-electron chi connectivity index (χ1n) is 12.1. The van der Waals surface area contributed by atoms with Gasteiger partial charge in [-0.3, -0.25) is 9.69 Å². The fourth-order valence-corrected chi connectivity index (χ4v) is 3.68. The number of aryl methyl sites for hydroxylation is 1. The van der Waals surface area contributed by atoms with Crippen LogP contribution in [0.2, 0.25) is 5.02 Å². The second-order valence-corrected chi connectivity index (χ2v) is 8.97. The number of hydrogen-bond donors (Lipinski definition) is 1. The zero-order valence-electron chi connectivity index (χ0n) is 21.9. The number of rotatable bonds is 10. The number of amides is 2. The Hall–Kier alpha value is -3.69. The lowest BCUT2D eigenvalue weighted by Crippen LogP contribution is -2.36. The lowest BCUT2D eigenvalue weighted by molar-refractivity contribution is 0.0780. The molecule has 0 aliphatic rings. The van der Waals surface area contributed by atoms with E-state index in [1.165, 1.54) is 4.90 Å². The van der Waals surface area contributed by atoms with Gasteiger partial charge in [0, 0.05) is 49.7 Å². The summed E-state index contributed by atoms with van der Waals surface area (Å²) in [6, 6.07) is 13.8. The number of likely N-dealkylation sites (N-methyl/N-ethyl adjacent to an activating group) is 2. The van der Waals surface area contributed by atoms with E-state index in [0.29, 0.717) is 40.3 Å². The number of aromatic nitrogens is 2. The molecule has 0 unspecified atom stereocenters. The van der Waals surface area contributed by atoms with E-state index in [-0.39, 0.29) is 5.91 Å². The molecule has 1 aromatic heterocycles. The Morgan fingerprint density at radius 1 is 1.00 bits per heavy atom. The van der Waals surface area contributed by atoms with Crippen LogP contribution in [0, 0.1) is 6.92 Å². The first kappa shape index (κ1) is 27.9. The summed E-state index contributed by atoms with van der Waals surface area (Å²) in [6.45, 7) is 9.47.